The summed E-state index contributed by atoms with van der Waals surface area (Å²) < 4.78 is 10.6. The summed E-state index contributed by atoms with van der Waals surface area (Å²) in [6.07, 6.45) is 1.07. The molecule has 1 amide bonds. The first-order valence-electron chi connectivity index (χ1n) is 7.64. The van der Waals surface area contributed by atoms with E-state index in [0.29, 0.717) is 25.0 Å². The predicted octanol–water partition coefficient (Wildman–Crippen LogP) is 0.0413. The van der Waals surface area contributed by atoms with Crippen molar-refractivity contribution in [1.29, 1.82) is 0 Å². The highest BCUT2D eigenvalue weighted by Gasteiger charge is 2.36. The van der Waals surface area contributed by atoms with Crippen molar-refractivity contribution in [1.82, 2.24) is 15.0 Å². The van der Waals surface area contributed by atoms with Gasteiger partial charge in [0.2, 0.25) is 5.76 Å². The second-order valence-electron chi connectivity index (χ2n) is 5.89. The zero-order valence-electron chi connectivity index (χ0n) is 12.0. The van der Waals surface area contributed by atoms with Gasteiger partial charge in [-0.05, 0) is 6.42 Å². The molecule has 7 nitrogen and oxygen atoms in total. The van der Waals surface area contributed by atoms with Crippen LogP contribution >= 0.6 is 0 Å². The molecule has 21 heavy (non-hydrogen) atoms. The average Bonchev–Trinajstić information content (AvgIpc) is 3.15. The van der Waals surface area contributed by atoms with Gasteiger partial charge in [-0.2, -0.15) is 0 Å². The first kappa shape index (κ1) is 13.1. The van der Waals surface area contributed by atoms with Gasteiger partial charge in [0.05, 0.1) is 13.2 Å². The van der Waals surface area contributed by atoms with Gasteiger partial charge >= 0.3 is 0 Å². The molecule has 3 aliphatic heterocycles. The number of rotatable bonds is 2. The highest BCUT2D eigenvalue weighted by Crippen LogP contribution is 2.24. The number of morpholine rings is 1. The molecule has 2 bridgehead atoms. The number of hydrogen-bond acceptors (Lipinski definition) is 6. The van der Waals surface area contributed by atoms with E-state index in [1.165, 1.54) is 0 Å². The highest BCUT2D eigenvalue weighted by molar-refractivity contribution is 5.92. The maximum atomic E-state index is 12.6. The van der Waals surface area contributed by atoms with Gasteiger partial charge in [-0.15, -0.1) is 0 Å². The van der Waals surface area contributed by atoms with Gasteiger partial charge in [-0.1, -0.05) is 5.16 Å². The molecule has 0 aromatic carbocycles. The van der Waals surface area contributed by atoms with Crippen LogP contribution in [0.1, 0.15) is 17.0 Å². The first-order chi connectivity index (χ1) is 10.3. The summed E-state index contributed by atoms with van der Waals surface area (Å²) in [5.74, 6) is 1.08. The summed E-state index contributed by atoms with van der Waals surface area (Å²) in [5, 5.41) is 4.05. The minimum absolute atomic E-state index is 0.0199. The van der Waals surface area contributed by atoms with Crippen LogP contribution in [0.3, 0.4) is 0 Å². The van der Waals surface area contributed by atoms with Crippen LogP contribution in [0.15, 0.2) is 10.6 Å². The Balaban J connectivity index is 1.48. The van der Waals surface area contributed by atoms with E-state index in [1.807, 2.05) is 4.90 Å². The summed E-state index contributed by atoms with van der Waals surface area (Å²) in [5.41, 5.74) is 0. The predicted molar refractivity (Wildman–Crippen MR) is 75.4 cm³/mol. The van der Waals surface area contributed by atoms with E-state index in [1.54, 1.807) is 6.07 Å². The number of nitrogens with zero attached hydrogens (tertiary/aromatic N) is 4. The van der Waals surface area contributed by atoms with Crippen LogP contribution < -0.4 is 4.90 Å². The number of aromatic nitrogens is 1. The van der Waals surface area contributed by atoms with E-state index in [2.05, 4.69) is 15.0 Å². The third-order valence-corrected chi connectivity index (χ3v) is 4.65. The summed E-state index contributed by atoms with van der Waals surface area (Å²) in [4.78, 5) is 19.1. The molecule has 0 spiro atoms. The van der Waals surface area contributed by atoms with Crippen LogP contribution in [0.5, 0.6) is 0 Å². The van der Waals surface area contributed by atoms with Crippen molar-refractivity contribution in [2.45, 2.75) is 12.5 Å². The Hall–Kier alpha value is -1.60. The molecule has 0 saturated carbocycles. The molecule has 1 aromatic rings. The molecule has 7 heteroatoms. The minimum atomic E-state index is -0.0199. The van der Waals surface area contributed by atoms with E-state index in [0.717, 1.165) is 51.5 Å². The lowest BCUT2D eigenvalue weighted by atomic mass is 10.2. The van der Waals surface area contributed by atoms with Crippen LogP contribution in [0, 0.1) is 0 Å². The van der Waals surface area contributed by atoms with E-state index in [4.69, 9.17) is 9.26 Å². The number of hydrogen-bond donors (Lipinski definition) is 0. The zero-order chi connectivity index (χ0) is 14.2. The largest absolute Gasteiger partial charge is 0.378 e. The van der Waals surface area contributed by atoms with Gasteiger partial charge in [-0.25, -0.2) is 0 Å². The number of carbonyl (C=O) groups excluding carboxylic acids is 1. The van der Waals surface area contributed by atoms with Crippen molar-refractivity contribution < 1.29 is 14.1 Å². The molecule has 0 radical (unpaired) electrons. The molecular weight excluding hydrogens is 272 g/mol. The minimum Gasteiger partial charge on any atom is -0.378 e. The number of fused-ring (bicyclic) bond motifs is 2. The van der Waals surface area contributed by atoms with Gasteiger partial charge in [0, 0.05) is 51.4 Å². The molecule has 3 saturated heterocycles. The Kier molecular flexibility index (Phi) is 3.31. The summed E-state index contributed by atoms with van der Waals surface area (Å²) in [6.45, 7) is 6.83. The van der Waals surface area contributed by atoms with Crippen LogP contribution in [0.4, 0.5) is 5.82 Å². The zero-order valence-corrected chi connectivity index (χ0v) is 12.0. The lowest BCUT2D eigenvalue weighted by Crippen LogP contribution is -2.49. The van der Waals surface area contributed by atoms with Crippen molar-refractivity contribution in [2.24, 2.45) is 0 Å². The third kappa shape index (κ3) is 2.40. The molecule has 0 aliphatic carbocycles. The molecule has 1 aromatic heterocycles. The van der Waals surface area contributed by atoms with E-state index in [-0.39, 0.29) is 5.91 Å². The molecule has 4 heterocycles. The normalized spacial score (nSPS) is 29.0. The highest BCUT2D eigenvalue weighted by atomic mass is 16.5. The fourth-order valence-electron chi connectivity index (χ4n) is 3.42. The second-order valence-corrected chi connectivity index (χ2v) is 5.89. The monoisotopic (exact) mass is 292 g/mol. The standard InChI is InChI=1S/C14H20N4O3/c19-14(18-4-3-16-2-1-11(18)10-16)12-9-13(15-21-12)17-5-7-20-8-6-17/h9,11H,1-8,10H2. The number of piperazine rings is 1. The lowest BCUT2D eigenvalue weighted by Gasteiger charge is -2.33. The van der Waals surface area contributed by atoms with Crippen molar-refractivity contribution in [2.75, 3.05) is 57.4 Å². The first-order valence-corrected chi connectivity index (χ1v) is 7.64. The molecule has 114 valence electrons. The molecular formula is C14H20N4O3. The molecule has 2 atom stereocenters. The van der Waals surface area contributed by atoms with Crippen molar-refractivity contribution >= 4 is 11.7 Å². The van der Waals surface area contributed by atoms with E-state index >= 15 is 0 Å². The van der Waals surface area contributed by atoms with Gasteiger partial charge in [0.15, 0.2) is 5.82 Å². The van der Waals surface area contributed by atoms with Gasteiger partial charge in [0.25, 0.3) is 5.91 Å². The maximum absolute atomic E-state index is 12.6. The smallest absolute Gasteiger partial charge is 0.292 e. The number of carbonyl (C=O) groups is 1. The SMILES string of the molecule is O=C(c1cc(N2CCOCC2)no1)N1CCN2CCC1C2. The average molecular weight is 292 g/mol. The molecule has 0 N–H and O–H groups in total. The second kappa shape index (κ2) is 5.31. The molecule has 3 aliphatic rings. The quantitative estimate of drug-likeness (QED) is 0.767. The van der Waals surface area contributed by atoms with Gasteiger partial charge in [0.1, 0.15) is 0 Å². The van der Waals surface area contributed by atoms with Crippen LogP contribution in [0.25, 0.3) is 0 Å². The van der Waals surface area contributed by atoms with Gasteiger partial charge < -0.3 is 19.1 Å². The number of amides is 1. The van der Waals surface area contributed by atoms with Gasteiger partial charge in [-0.3, -0.25) is 9.69 Å². The van der Waals surface area contributed by atoms with Crippen molar-refractivity contribution in [3.05, 3.63) is 11.8 Å². The Morgan fingerprint density at radius 2 is 2.05 bits per heavy atom. The van der Waals surface area contributed by atoms with Crippen molar-refractivity contribution in [3.8, 4) is 0 Å². The van der Waals surface area contributed by atoms with Crippen molar-refractivity contribution in [3.63, 3.8) is 0 Å². The Labute approximate surface area is 123 Å². The fraction of sp³-hybridized carbons (Fsp3) is 0.714. The Morgan fingerprint density at radius 3 is 2.90 bits per heavy atom. The fourth-order valence-corrected chi connectivity index (χ4v) is 3.42. The number of anilines is 1. The third-order valence-electron chi connectivity index (χ3n) is 4.65. The Morgan fingerprint density at radius 1 is 1.19 bits per heavy atom. The lowest BCUT2D eigenvalue weighted by molar-refractivity contribution is 0.0568. The molecule has 3 fully saturated rings. The summed E-state index contributed by atoms with van der Waals surface area (Å²) >= 11 is 0. The summed E-state index contributed by atoms with van der Waals surface area (Å²) in [6, 6.07) is 2.11. The summed E-state index contributed by atoms with van der Waals surface area (Å²) in [7, 11) is 0. The maximum Gasteiger partial charge on any atom is 0.292 e. The molecule has 4 rings (SSSR count). The number of ether oxygens (including phenoxy) is 1. The van der Waals surface area contributed by atoms with Crippen LogP contribution in [0.2, 0.25) is 0 Å². The van der Waals surface area contributed by atoms with E-state index in [9.17, 15) is 4.79 Å². The topological polar surface area (TPSA) is 62.1 Å². The van der Waals surface area contributed by atoms with E-state index < -0.39 is 0 Å². The molecule has 2 unspecified atom stereocenters. The Bertz CT molecular complexity index is 526. The van der Waals surface area contributed by atoms with Crippen LogP contribution in [-0.2, 0) is 4.74 Å². The van der Waals surface area contributed by atoms with Crippen LogP contribution in [-0.4, -0.2) is 79.4 Å².